The van der Waals surface area contributed by atoms with Crippen LogP contribution in [-0.2, 0) is 9.59 Å². The minimum atomic E-state index is -0.599. The quantitative estimate of drug-likeness (QED) is 0.823. The SMILES string of the molecule is Cc1cc(NC(=O)C(c2ccccc2)N2CCCCC2=O)ccc1Br. The van der Waals surface area contributed by atoms with Crippen LogP contribution in [0.4, 0.5) is 5.69 Å². The van der Waals surface area contributed by atoms with Gasteiger partial charge >= 0.3 is 0 Å². The van der Waals surface area contributed by atoms with Gasteiger partial charge in [0.15, 0.2) is 0 Å². The maximum Gasteiger partial charge on any atom is 0.251 e. The van der Waals surface area contributed by atoms with Gasteiger partial charge < -0.3 is 10.2 Å². The summed E-state index contributed by atoms with van der Waals surface area (Å²) < 4.78 is 0.997. The summed E-state index contributed by atoms with van der Waals surface area (Å²) in [5.74, 6) is -0.134. The number of hydrogen-bond acceptors (Lipinski definition) is 2. The summed E-state index contributed by atoms with van der Waals surface area (Å²) in [5, 5.41) is 2.97. The molecule has 2 aromatic rings. The number of likely N-dealkylation sites (tertiary alicyclic amines) is 1. The second-order valence-corrected chi connectivity index (χ2v) is 7.17. The van der Waals surface area contributed by atoms with E-state index in [-0.39, 0.29) is 11.8 Å². The average molecular weight is 401 g/mol. The van der Waals surface area contributed by atoms with Crippen LogP contribution in [0.1, 0.15) is 36.4 Å². The van der Waals surface area contributed by atoms with Crippen LogP contribution in [0, 0.1) is 6.92 Å². The van der Waals surface area contributed by atoms with E-state index >= 15 is 0 Å². The minimum Gasteiger partial charge on any atom is -0.327 e. The maximum atomic E-state index is 13.0. The number of amides is 2. The number of benzene rings is 2. The van der Waals surface area contributed by atoms with Gasteiger partial charge in [-0.2, -0.15) is 0 Å². The van der Waals surface area contributed by atoms with Gasteiger partial charge in [-0.1, -0.05) is 46.3 Å². The van der Waals surface area contributed by atoms with Gasteiger partial charge in [0.25, 0.3) is 5.91 Å². The normalized spacial score (nSPS) is 15.8. The molecule has 0 saturated carbocycles. The van der Waals surface area contributed by atoms with Crippen LogP contribution in [0.3, 0.4) is 0 Å². The highest BCUT2D eigenvalue weighted by atomic mass is 79.9. The summed E-state index contributed by atoms with van der Waals surface area (Å²) in [4.78, 5) is 27.2. The number of halogens is 1. The summed E-state index contributed by atoms with van der Waals surface area (Å²) in [5.41, 5.74) is 2.61. The first kappa shape index (κ1) is 17.7. The van der Waals surface area contributed by atoms with Crippen LogP contribution in [0.2, 0.25) is 0 Å². The lowest BCUT2D eigenvalue weighted by Crippen LogP contribution is -2.43. The fourth-order valence-corrected chi connectivity index (χ4v) is 3.39. The van der Waals surface area contributed by atoms with E-state index < -0.39 is 6.04 Å². The highest BCUT2D eigenvalue weighted by Crippen LogP contribution is 2.28. The molecule has 2 amide bonds. The standard InChI is InChI=1S/C20H21BrN2O2/c1-14-13-16(10-11-17(14)21)22-20(25)19(15-7-3-2-4-8-15)23-12-6-5-9-18(23)24/h2-4,7-8,10-11,13,19H,5-6,9,12H2,1H3,(H,22,25). The lowest BCUT2D eigenvalue weighted by Gasteiger charge is -2.34. The first-order chi connectivity index (χ1) is 12.1. The third kappa shape index (κ3) is 4.10. The van der Waals surface area contributed by atoms with Gasteiger partial charge in [-0.25, -0.2) is 0 Å². The molecule has 1 aliphatic heterocycles. The number of hydrogen-bond donors (Lipinski definition) is 1. The summed E-state index contributed by atoms with van der Waals surface area (Å²) in [6.45, 7) is 2.59. The number of carbonyl (C=O) groups is 2. The Labute approximate surface area is 156 Å². The van der Waals surface area contributed by atoms with Crippen molar-refractivity contribution in [1.29, 1.82) is 0 Å². The van der Waals surface area contributed by atoms with E-state index in [4.69, 9.17) is 0 Å². The van der Waals surface area contributed by atoms with Crippen LogP contribution >= 0.6 is 15.9 Å². The molecular weight excluding hydrogens is 380 g/mol. The van der Waals surface area contributed by atoms with Gasteiger partial charge in [0.05, 0.1) is 0 Å². The fraction of sp³-hybridized carbons (Fsp3) is 0.300. The Morgan fingerprint density at radius 3 is 2.60 bits per heavy atom. The summed E-state index contributed by atoms with van der Waals surface area (Å²) >= 11 is 3.47. The Morgan fingerprint density at radius 2 is 1.92 bits per heavy atom. The van der Waals surface area contributed by atoms with Crippen molar-refractivity contribution in [3.63, 3.8) is 0 Å². The molecule has 0 bridgehead atoms. The predicted octanol–water partition coefficient (Wildman–Crippen LogP) is 4.45. The van der Waals surface area contributed by atoms with Crippen LogP contribution in [0.25, 0.3) is 0 Å². The molecule has 1 fully saturated rings. The molecule has 1 N–H and O–H groups in total. The van der Waals surface area contributed by atoms with Gasteiger partial charge in [-0.05, 0) is 49.1 Å². The molecule has 130 valence electrons. The van der Waals surface area contributed by atoms with Crippen molar-refractivity contribution in [3.8, 4) is 0 Å². The Bertz CT molecular complexity index is 777. The molecule has 1 atom stereocenters. The molecule has 0 spiro atoms. The zero-order valence-electron chi connectivity index (χ0n) is 14.2. The molecule has 0 radical (unpaired) electrons. The van der Waals surface area contributed by atoms with Crippen LogP contribution < -0.4 is 5.32 Å². The van der Waals surface area contributed by atoms with E-state index in [1.165, 1.54) is 0 Å². The maximum absolute atomic E-state index is 13.0. The van der Waals surface area contributed by atoms with Crippen molar-refractivity contribution in [2.45, 2.75) is 32.2 Å². The average Bonchev–Trinajstić information content (AvgIpc) is 2.61. The van der Waals surface area contributed by atoms with Gasteiger partial charge in [-0.3, -0.25) is 9.59 Å². The first-order valence-corrected chi connectivity index (χ1v) is 9.27. The van der Waals surface area contributed by atoms with Crippen LogP contribution in [0.5, 0.6) is 0 Å². The third-order valence-electron chi connectivity index (χ3n) is 4.46. The highest BCUT2D eigenvalue weighted by molar-refractivity contribution is 9.10. The lowest BCUT2D eigenvalue weighted by molar-refractivity contribution is -0.141. The molecule has 1 heterocycles. The number of nitrogens with one attached hydrogen (secondary N) is 1. The van der Waals surface area contributed by atoms with Crippen LogP contribution in [-0.4, -0.2) is 23.3 Å². The fourth-order valence-electron chi connectivity index (χ4n) is 3.14. The molecule has 0 aromatic heterocycles. The van der Waals surface area contributed by atoms with Crippen molar-refractivity contribution in [1.82, 2.24) is 4.90 Å². The predicted molar refractivity (Wildman–Crippen MR) is 102 cm³/mol. The number of aryl methyl sites for hydroxylation is 1. The van der Waals surface area contributed by atoms with Gasteiger partial charge in [0.2, 0.25) is 5.91 Å². The van der Waals surface area contributed by atoms with E-state index in [0.29, 0.717) is 13.0 Å². The van der Waals surface area contributed by atoms with E-state index in [0.717, 1.165) is 34.1 Å². The van der Waals surface area contributed by atoms with Gasteiger partial charge in [0.1, 0.15) is 6.04 Å². The van der Waals surface area contributed by atoms with E-state index in [9.17, 15) is 9.59 Å². The molecule has 1 aliphatic rings. The van der Waals surface area contributed by atoms with Gasteiger partial charge in [-0.15, -0.1) is 0 Å². The number of anilines is 1. The van der Waals surface area contributed by atoms with Crippen LogP contribution in [0.15, 0.2) is 53.0 Å². The molecule has 4 nitrogen and oxygen atoms in total. The molecular formula is C20H21BrN2O2. The van der Waals surface area contributed by atoms with Crippen molar-refractivity contribution < 1.29 is 9.59 Å². The number of nitrogens with zero attached hydrogens (tertiary/aromatic N) is 1. The smallest absolute Gasteiger partial charge is 0.251 e. The number of piperidine rings is 1. The first-order valence-electron chi connectivity index (χ1n) is 8.47. The third-order valence-corrected chi connectivity index (χ3v) is 5.35. The van der Waals surface area contributed by atoms with Crippen molar-refractivity contribution in [2.24, 2.45) is 0 Å². The zero-order chi connectivity index (χ0) is 17.8. The second-order valence-electron chi connectivity index (χ2n) is 6.31. The zero-order valence-corrected chi connectivity index (χ0v) is 15.8. The van der Waals surface area contributed by atoms with Gasteiger partial charge in [0, 0.05) is 23.1 Å². The number of carbonyl (C=O) groups excluding carboxylic acids is 2. The molecule has 0 aliphatic carbocycles. The van der Waals surface area contributed by atoms with E-state index in [2.05, 4.69) is 21.2 Å². The van der Waals surface area contributed by atoms with Crippen molar-refractivity contribution >= 4 is 33.4 Å². The number of rotatable bonds is 4. The monoisotopic (exact) mass is 400 g/mol. The minimum absolute atomic E-state index is 0.0437. The molecule has 3 rings (SSSR count). The van der Waals surface area contributed by atoms with E-state index in [1.807, 2.05) is 55.5 Å². The molecule has 2 aromatic carbocycles. The topological polar surface area (TPSA) is 49.4 Å². The van der Waals surface area contributed by atoms with E-state index in [1.54, 1.807) is 4.90 Å². The lowest BCUT2D eigenvalue weighted by atomic mass is 10.0. The molecule has 1 unspecified atom stereocenters. The molecule has 5 heteroatoms. The Hall–Kier alpha value is -2.14. The molecule has 25 heavy (non-hydrogen) atoms. The summed E-state index contributed by atoms with van der Waals surface area (Å²) in [6.07, 6.45) is 2.33. The van der Waals surface area contributed by atoms with Crippen molar-refractivity contribution in [3.05, 3.63) is 64.1 Å². The second kappa shape index (κ2) is 7.83. The molecule has 1 saturated heterocycles. The Kier molecular flexibility index (Phi) is 5.53. The largest absolute Gasteiger partial charge is 0.327 e. The summed E-state index contributed by atoms with van der Waals surface area (Å²) in [7, 11) is 0. The Balaban J connectivity index is 1.89. The highest BCUT2D eigenvalue weighted by Gasteiger charge is 2.32. The van der Waals surface area contributed by atoms with Crippen molar-refractivity contribution in [2.75, 3.05) is 11.9 Å². The summed E-state index contributed by atoms with van der Waals surface area (Å²) in [6, 6.07) is 14.6. The Morgan fingerprint density at radius 1 is 1.16 bits per heavy atom.